The van der Waals surface area contributed by atoms with Gasteiger partial charge in [-0.15, -0.1) is 0 Å². The Hall–Kier alpha value is -1.88. The van der Waals surface area contributed by atoms with Crippen molar-refractivity contribution in [2.75, 3.05) is 13.2 Å². The van der Waals surface area contributed by atoms with E-state index in [-0.39, 0.29) is 0 Å². The van der Waals surface area contributed by atoms with Gasteiger partial charge >= 0.3 is 0 Å². The topological polar surface area (TPSA) is 18.5 Å². The summed E-state index contributed by atoms with van der Waals surface area (Å²) in [4.78, 5) is 0. The first kappa shape index (κ1) is 24.8. The Morgan fingerprint density at radius 3 is 2.12 bits per heavy atom. The van der Waals surface area contributed by atoms with E-state index in [4.69, 9.17) is 9.47 Å². The first-order valence-corrected chi connectivity index (χ1v) is 13.3. The van der Waals surface area contributed by atoms with Crippen LogP contribution < -0.4 is 9.47 Å². The summed E-state index contributed by atoms with van der Waals surface area (Å²) in [5.74, 6) is 11.7. The Bertz CT molecular complexity index is 707. The molecule has 0 N–H and O–H groups in total. The molecule has 0 radical (unpaired) electrons. The molecule has 176 valence electrons. The van der Waals surface area contributed by atoms with Crippen molar-refractivity contribution >= 4 is 0 Å². The highest BCUT2D eigenvalue weighted by atomic mass is 16.5. The summed E-state index contributed by atoms with van der Waals surface area (Å²) in [6.45, 7) is 6.00. The second-order valence-electron chi connectivity index (χ2n) is 9.92. The van der Waals surface area contributed by atoms with Crippen LogP contribution in [0.15, 0.2) is 36.4 Å². The fourth-order valence-electron chi connectivity index (χ4n) is 5.05. The zero-order chi connectivity index (χ0) is 22.4. The molecule has 0 saturated heterocycles. The van der Waals surface area contributed by atoms with Crippen LogP contribution in [0.1, 0.15) is 90.9 Å². The molecule has 2 nitrogen and oxygen atoms in total. The number of hydrogen-bond donors (Lipinski definition) is 0. The van der Waals surface area contributed by atoms with Gasteiger partial charge in [-0.3, -0.25) is 0 Å². The molecule has 1 aromatic carbocycles. The van der Waals surface area contributed by atoms with Crippen LogP contribution in [0.3, 0.4) is 0 Å². The quantitative estimate of drug-likeness (QED) is 0.344. The molecule has 0 aromatic heterocycles. The zero-order valence-corrected chi connectivity index (χ0v) is 20.5. The Balaban J connectivity index is 1.29. The number of hydrogen-bond acceptors (Lipinski definition) is 2. The molecule has 1 aromatic rings. The van der Waals surface area contributed by atoms with Crippen molar-refractivity contribution in [3.63, 3.8) is 0 Å². The summed E-state index contributed by atoms with van der Waals surface area (Å²) in [5.41, 5.74) is 0. The number of ether oxygens (including phenoxy) is 2. The van der Waals surface area contributed by atoms with E-state index in [1.165, 1.54) is 70.6 Å². The highest BCUT2D eigenvalue weighted by Crippen LogP contribution is 2.32. The molecule has 2 aliphatic carbocycles. The van der Waals surface area contributed by atoms with Crippen molar-refractivity contribution in [3.05, 3.63) is 36.4 Å². The van der Waals surface area contributed by atoms with Crippen LogP contribution in [0.5, 0.6) is 11.5 Å². The van der Waals surface area contributed by atoms with Crippen LogP contribution in [0.25, 0.3) is 0 Å². The molecule has 0 heterocycles. The molecular formula is C30H44O2. The van der Waals surface area contributed by atoms with Crippen molar-refractivity contribution in [1.29, 1.82) is 0 Å². The maximum absolute atomic E-state index is 6.03. The monoisotopic (exact) mass is 436 g/mol. The normalized spacial score (nSPS) is 25.8. The average molecular weight is 437 g/mol. The summed E-state index contributed by atoms with van der Waals surface area (Å²) < 4.78 is 11.7. The van der Waals surface area contributed by atoms with E-state index in [9.17, 15) is 0 Å². The lowest BCUT2D eigenvalue weighted by Gasteiger charge is -2.26. The van der Waals surface area contributed by atoms with Gasteiger partial charge in [0.25, 0.3) is 0 Å². The summed E-state index contributed by atoms with van der Waals surface area (Å²) in [7, 11) is 0. The predicted octanol–water partition coefficient (Wildman–Crippen LogP) is 8.22. The third-order valence-electron chi connectivity index (χ3n) is 7.23. The van der Waals surface area contributed by atoms with E-state index in [1.807, 2.05) is 24.3 Å². The van der Waals surface area contributed by atoms with Gasteiger partial charge in [-0.1, -0.05) is 51.0 Å². The first-order valence-electron chi connectivity index (χ1n) is 13.3. The summed E-state index contributed by atoms with van der Waals surface area (Å²) in [6, 6.07) is 8.05. The van der Waals surface area contributed by atoms with E-state index in [1.54, 1.807) is 0 Å². The Morgan fingerprint density at radius 2 is 1.47 bits per heavy atom. The Morgan fingerprint density at radius 1 is 0.812 bits per heavy atom. The van der Waals surface area contributed by atoms with Crippen LogP contribution in [-0.2, 0) is 0 Å². The summed E-state index contributed by atoms with van der Waals surface area (Å²) >= 11 is 0. The molecule has 3 rings (SSSR count). The van der Waals surface area contributed by atoms with Crippen molar-refractivity contribution in [3.8, 4) is 23.3 Å². The number of rotatable bonds is 10. The van der Waals surface area contributed by atoms with Gasteiger partial charge in [0.15, 0.2) is 0 Å². The van der Waals surface area contributed by atoms with E-state index in [2.05, 4.69) is 37.8 Å². The molecule has 0 aliphatic heterocycles. The fourth-order valence-corrected chi connectivity index (χ4v) is 5.05. The van der Waals surface area contributed by atoms with Gasteiger partial charge < -0.3 is 9.47 Å². The number of benzene rings is 1. The first-order chi connectivity index (χ1) is 15.8. The third-order valence-corrected chi connectivity index (χ3v) is 7.23. The second kappa shape index (κ2) is 14.3. The lowest BCUT2D eigenvalue weighted by atomic mass is 9.80. The minimum absolute atomic E-state index is 0.565. The van der Waals surface area contributed by atoms with Crippen LogP contribution in [0.2, 0.25) is 0 Å². The molecule has 32 heavy (non-hydrogen) atoms. The maximum atomic E-state index is 6.03. The van der Waals surface area contributed by atoms with Crippen molar-refractivity contribution < 1.29 is 9.47 Å². The predicted molar refractivity (Wildman–Crippen MR) is 135 cm³/mol. The van der Waals surface area contributed by atoms with Crippen molar-refractivity contribution in [2.45, 2.75) is 90.9 Å². The van der Waals surface area contributed by atoms with E-state index >= 15 is 0 Å². The molecule has 2 saturated carbocycles. The lowest BCUT2D eigenvalue weighted by molar-refractivity contribution is 0.196. The van der Waals surface area contributed by atoms with Gasteiger partial charge in [0, 0.05) is 5.92 Å². The number of allylic oxidation sites excluding steroid dienone is 2. The van der Waals surface area contributed by atoms with E-state index < -0.39 is 0 Å². The van der Waals surface area contributed by atoms with Gasteiger partial charge in [0.1, 0.15) is 11.5 Å². The number of unbranched alkanes of at least 4 members (excludes halogenated alkanes) is 1. The Labute approximate surface area is 197 Å². The molecule has 0 spiro atoms. The van der Waals surface area contributed by atoms with Crippen molar-refractivity contribution in [1.82, 2.24) is 0 Å². The van der Waals surface area contributed by atoms with Crippen LogP contribution in [0, 0.1) is 35.5 Å². The molecule has 2 aliphatic rings. The largest absolute Gasteiger partial charge is 0.494 e. The molecule has 0 bridgehead atoms. The molecule has 2 fully saturated rings. The standard InChI is InChI=1S/C30H44O2/c1-3-5-8-25-11-13-26(14-12-25)9-6-7-10-27-15-17-28(18-16-27)24-32-30-21-19-29(20-22-30)31-23-4-2/h6,9,19-22,25-28H,3-5,8,11-18,23-24H2,1-2H3/b9-6+. The highest BCUT2D eigenvalue weighted by molar-refractivity contribution is 5.31. The molecule has 0 atom stereocenters. The van der Waals surface area contributed by atoms with Gasteiger partial charge in [0.05, 0.1) is 13.2 Å². The fraction of sp³-hybridized carbons (Fsp3) is 0.667. The van der Waals surface area contributed by atoms with Gasteiger partial charge in [-0.2, -0.15) is 0 Å². The van der Waals surface area contributed by atoms with E-state index in [0.29, 0.717) is 11.8 Å². The van der Waals surface area contributed by atoms with Gasteiger partial charge in [-0.05, 0) is 106 Å². The smallest absolute Gasteiger partial charge is 0.119 e. The summed E-state index contributed by atoms with van der Waals surface area (Å²) in [5, 5.41) is 0. The van der Waals surface area contributed by atoms with Crippen LogP contribution >= 0.6 is 0 Å². The molecule has 0 amide bonds. The molecule has 0 unspecified atom stereocenters. The SMILES string of the molecule is CCCCC1CCC(/C=C/C#CC2CCC(COc3ccc(OCCC)cc3)CC2)CC1. The molecule has 2 heteroatoms. The zero-order valence-electron chi connectivity index (χ0n) is 20.5. The average Bonchev–Trinajstić information content (AvgIpc) is 2.85. The molecular weight excluding hydrogens is 392 g/mol. The minimum Gasteiger partial charge on any atom is -0.494 e. The lowest BCUT2D eigenvalue weighted by Crippen LogP contribution is -2.19. The van der Waals surface area contributed by atoms with Crippen LogP contribution in [-0.4, -0.2) is 13.2 Å². The van der Waals surface area contributed by atoms with Gasteiger partial charge in [0.2, 0.25) is 0 Å². The highest BCUT2D eigenvalue weighted by Gasteiger charge is 2.21. The van der Waals surface area contributed by atoms with Crippen LogP contribution in [0.4, 0.5) is 0 Å². The Kier molecular flexibility index (Phi) is 11.1. The van der Waals surface area contributed by atoms with E-state index in [0.717, 1.165) is 43.0 Å². The van der Waals surface area contributed by atoms with Crippen molar-refractivity contribution in [2.24, 2.45) is 23.7 Å². The van der Waals surface area contributed by atoms with Gasteiger partial charge in [-0.25, -0.2) is 0 Å². The maximum Gasteiger partial charge on any atom is 0.119 e. The third kappa shape index (κ3) is 8.93. The summed E-state index contributed by atoms with van der Waals surface area (Å²) in [6.07, 6.45) is 20.2. The minimum atomic E-state index is 0.565. The second-order valence-corrected chi connectivity index (χ2v) is 9.92.